The SMILES string of the molecule is CCc1cccc(CC)c1N(CC(=O)Nc1ccc(OC)c(Cl)c1)C(C)=O. The van der Waals surface area contributed by atoms with Crippen LogP contribution in [0.15, 0.2) is 36.4 Å². The van der Waals surface area contributed by atoms with E-state index in [4.69, 9.17) is 16.3 Å². The van der Waals surface area contributed by atoms with E-state index in [0.717, 1.165) is 29.7 Å². The average Bonchev–Trinajstić information content (AvgIpc) is 2.65. The Morgan fingerprint density at radius 2 is 1.74 bits per heavy atom. The second-order valence-electron chi connectivity index (χ2n) is 6.13. The van der Waals surface area contributed by atoms with Gasteiger partial charge < -0.3 is 15.0 Å². The molecule has 0 aliphatic carbocycles. The Morgan fingerprint density at radius 1 is 1.11 bits per heavy atom. The summed E-state index contributed by atoms with van der Waals surface area (Å²) in [5, 5.41) is 3.20. The summed E-state index contributed by atoms with van der Waals surface area (Å²) in [5.74, 6) is 0.0670. The Morgan fingerprint density at radius 3 is 2.22 bits per heavy atom. The predicted octanol–water partition coefficient (Wildman–Crippen LogP) is 4.47. The van der Waals surface area contributed by atoms with Gasteiger partial charge in [0.1, 0.15) is 12.3 Å². The lowest BCUT2D eigenvalue weighted by atomic mass is 10.0. The molecule has 0 heterocycles. The number of nitrogens with zero attached hydrogens (tertiary/aromatic N) is 1. The Bertz CT molecular complexity index is 814. The first kappa shape index (κ1) is 20.8. The van der Waals surface area contributed by atoms with Gasteiger partial charge in [0.25, 0.3) is 0 Å². The lowest BCUT2D eigenvalue weighted by molar-refractivity contribution is -0.120. The smallest absolute Gasteiger partial charge is 0.244 e. The van der Waals surface area contributed by atoms with Crippen molar-refractivity contribution in [3.8, 4) is 5.75 Å². The minimum atomic E-state index is -0.292. The standard InChI is InChI=1S/C21H25ClN2O3/c1-5-15-8-7-9-16(6-2)21(15)24(14(3)25)13-20(26)23-17-10-11-19(27-4)18(22)12-17/h7-12H,5-6,13H2,1-4H3,(H,23,26). The van der Waals surface area contributed by atoms with Crippen molar-refractivity contribution >= 4 is 34.8 Å². The molecule has 0 saturated heterocycles. The van der Waals surface area contributed by atoms with E-state index in [-0.39, 0.29) is 18.4 Å². The summed E-state index contributed by atoms with van der Waals surface area (Å²) in [7, 11) is 1.53. The number of methoxy groups -OCH3 is 1. The van der Waals surface area contributed by atoms with Crippen LogP contribution in [0.1, 0.15) is 31.9 Å². The number of benzene rings is 2. The molecule has 0 aliphatic heterocycles. The fourth-order valence-corrected chi connectivity index (χ4v) is 3.26. The maximum Gasteiger partial charge on any atom is 0.244 e. The molecular weight excluding hydrogens is 364 g/mol. The van der Waals surface area contributed by atoms with Crippen LogP contribution in [-0.2, 0) is 22.4 Å². The zero-order chi connectivity index (χ0) is 20.0. The number of para-hydroxylation sites is 1. The average molecular weight is 389 g/mol. The molecule has 1 N–H and O–H groups in total. The molecule has 0 unspecified atom stereocenters. The number of hydrogen-bond donors (Lipinski definition) is 1. The molecule has 5 nitrogen and oxygen atoms in total. The Hall–Kier alpha value is -2.53. The summed E-state index contributed by atoms with van der Waals surface area (Å²) in [6.45, 7) is 5.48. The second kappa shape index (κ2) is 9.42. The van der Waals surface area contributed by atoms with Gasteiger partial charge in [-0.15, -0.1) is 0 Å². The molecule has 0 radical (unpaired) electrons. The van der Waals surface area contributed by atoms with Crippen LogP contribution in [0.5, 0.6) is 5.75 Å². The van der Waals surface area contributed by atoms with Crippen LogP contribution < -0.4 is 15.0 Å². The highest BCUT2D eigenvalue weighted by atomic mass is 35.5. The monoisotopic (exact) mass is 388 g/mol. The minimum absolute atomic E-state index is 0.0665. The number of amides is 2. The lowest BCUT2D eigenvalue weighted by Crippen LogP contribution is -2.37. The molecule has 2 aromatic carbocycles. The van der Waals surface area contributed by atoms with Crippen molar-refractivity contribution in [2.45, 2.75) is 33.6 Å². The zero-order valence-corrected chi connectivity index (χ0v) is 16.9. The highest BCUT2D eigenvalue weighted by molar-refractivity contribution is 6.32. The molecule has 144 valence electrons. The second-order valence-corrected chi connectivity index (χ2v) is 6.54. The van der Waals surface area contributed by atoms with Gasteiger partial charge >= 0.3 is 0 Å². The number of aryl methyl sites for hydroxylation is 2. The van der Waals surface area contributed by atoms with Crippen LogP contribution in [0.4, 0.5) is 11.4 Å². The molecule has 0 bridgehead atoms. The first-order chi connectivity index (χ1) is 12.9. The number of nitrogens with one attached hydrogen (secondary N) is 1. The highest BCUT2D eigenvalue weighted by Gasteiger charge is 2.21. The van der Waals surface area contributed by atoms with Crippen LogP contribution in [0.25, 0.3) is 0 Å². The van der Waals surface area contributed by atoms with Gasteiger partial charge in [0.15, 0.2) is 0 Å². The molecule has 0 saturated carbocycles. The summed E-state index contributed by atoms with van der Waals surface area (Å²) in [5.41, 5.74) is 3.47. The molecule has 0 spiro atoms. The van der Waals surface area contributed by atoms with Crippen molar-refractivity contribution in [3.05, 3.63) is 52.5 Å². The molecule has 0 atom stereocenters. The van der Waals surface area contributed by atoms with Gasteiger partial charge in [0.05, 0.1) is 17.8 Å². The fourth-order valence-electron chi connectivity index (χ4n) is 3.00. The maximum atomic E-state index is 12.6. The summed E-state index contributed by atoms with van der Waals surface area (Å²) in [4.78, 5) is 26.4. The first-order valence-corrected chi connectivity index (χ1v) is 9.31. The number of ether oxygens (including phenoxy) is 1. The topological polar surface area (TPSA) is 58.6 Å². The minimum Gasteiger partial charge on any atom is -0.495 e. The normalized spacial score (nSPS) is 10.4. The summed E-state index contributed by atoms with van der Waals surface area (Å²) < 4.78 is 5.11. The van der Waals surface area contributed by atoms with Crippen molar-refractivity contribution in [3.63, 3.8) is 0 Å². The van der Waals surface area contributed by atoms with Gasteiger partial charge in [-0.3, -0.25) is 9.59 Å². The van der Waals surface area contributed by atoms with Gasteiger partial charge in [0.2, 0.25) is 11.8 Å². The van der Waals surface area contributed by atoms with Crippen LogP contribution in [0, 0.1) is 0 Å². The van der Waals surface area contributed by atoms with E-state index in [1.165, 1.54) is 18.9 Å². The van der Waals surface area contributed by atoms with Crippen molar-refractivity contribution in [1.82, 2.24) is 0 Å². The van der Waals surface area contributed by atoms with Crippen LogP contribution in [0.2, 0.25) is 5.02 Å². The van der Waals surface area contributed by atoms with E-state index in [1.54, 1.807) is 18.2 Å². The Balaban J connectivity index is 2.26. The third-order valence-electron chi connectivity index (χ3n) is 4.35. The molecule has 0 aromatic heterocycles. The molecule has 6 heteroatoms. The van der Waals surface area contributed by atoms with Gasteiger partial charge in [-0.05, 0) is 42.2 Å². The van der Waals surface area contributed by atoms with Gasteiger partial charge in [0, 0.05) is 12.6 Å². The largest absolute Gasteiger partial charge is 0.495 e. The maximum absolute atomic E-state index is 12.6. The van der Waals surface area contributed by atoms with Crippen molar-refractivity contribution in [2.75, 3.05) is 23.9 Å². The molecule has 2 rings (SSSR count). The van der Waals surface area contributed by atoms with Crippen LogP contribution >= 0.6 is 11.6 Å². The van der Waals surface area contributed by atoms with E-state index in [9.17, 15) is 9.59 Å². The summed E-state index contributed by atoms with van der Waals surface area (Å²) in [6, 6.07) is 11.0. The van der Waals surface area contributed by atoms with Crippen molar-refractivity contribution < 1.29 is 14.3 Å². The van der Waals surface area contributed by atoms with E-state index in [0.29, 0.717) is 16.5 Å². The van der Waals surface area contributed by atoms with Crippen molar-refractivity contribution in [2.24, 2.45) is 0 Å². The number of rotatable bonds is 7. The van der Waals surface area contributed by atoms with Crippen molar-refractivity contribution in [1.29, 1.82) is 0 Å². The molecule has 2 amide bonds. The van der Waals surface area contributed by atoms with E-state index < -0.39 is 0 Å². The number of carbonyl (C=O) groups is 2. The van der Waals surface area contributed by atoms with Crippen LogP contribution in [-0.4, -0.2) is 25.5 Å². The highest BCUT2D eigenvalue weighted by Crippen LogP contribution is 2.29. The Labute approximate surface area is 165 Å². The van der Waals surface area contributed by atoms with E-state index in [2.05, 4.69) is 5.32 Å². The third-order valence-corrected chi connectivity index (χ3v) is 4.65. The molecule has 27 heavy (non-hydrogen) atoms. The predicted molar refractivity (Wildman–Crippen MR) is 110 cm³/mol. The Kier molecular flexibility index (Phi) is 7.25. The van der Waals surface area contributed by atoms with Gasteiger partial charge in [-0.25, -0.2) is 0 Å². The zero-order valence-electron chi connectivity index (χ0n) is 16.1. The number of hydrogen-bond acceptors (Lipinski definition) is 3. The van der Waals surface area contributed by atoms with Crippen LogP contribution in [0.3, 0.4) is 0 Å². The first-order valence-electron chi connectivity index (χ1n) is 8.93. The van der Waals surface area contributed by atoms with E-state index >= 15 is 0 Å². The molecule has 2 aromatic rings. The number of carbonyl (C=O) groups excluding carboxylic acids is 2. The van der Waals surface area contributed by atoms with E-state index in [1.807, 2.05) is 32.0 Å². The fraction of sp³-hybridized carbons (Fsp3) is 0.333. The third kappa shape index (κ3) is 5.01. The van der Waals surface area contributed by atoms with Gasteiger partial charge in [-0.1, -0.05) is 43.6 Å². The molecular formula is C21H25ClN2O3. The summed E-state index contributed by atoms with van der Waals surface area (Å²) in [6.07, 6.45) is 1.56. The molecule has 0 aliphatic rings. The number of anilines is 2. The molecule has 0 fully saturated rings. The number of halogens is 1. The summed E-state index contributed by atoms with van der Waals surface area (Å²) >= 11 is 6.10. The van der Waals surface area contributed by atoms with Gasteiger partial charge in [-0.2, -0.15) is 0 Å². The quantitative estimate of drug-likeness (QED) is 0.761. The lowest BCUT2D eigenvalue weighted by Gasteiger charge is -2.26.